The molecule has 1 N–H and O–H groups in total. The highest BCUT2D eigenvalue weighted by Gasteiger charge is 2.16. The molecule has 1 saturated carbocycles. The van der Waals surface area contributed by atoms with Crippen molar-refractivity contribution in [3.63, 3.8) is 0 Å². The molecule has 2 rings (SSSR count). The number of nitrogens with one attached hydrogen (secondary N) is 1. The Balaban J connectivity index is 1.68. The first-order valence-electron chi connectivity index (χ1n) is 8.26. The van der Waals surface area contributed by atoms with Crippen LogP contribution in [0.5, 0.6) is 0 Å². The summed E-state index contributed by atoms with van der Waals surface area (Å²) in [5.41, 5.74) is 1.75. The van der Waals surface area contributed by atoms with E-state index in [1.54, 1.807) is 0 Å². The quantitative estimate of drug-likeness (QED) is 0.538. The number of hydrogen-bond donors (Lipinski definition) is 1. The first-order valence-corrected chi connectivity index (χ1v) is 9.34. The minimum atomic E-state index is -0.291. The molecule has 0 unspecified atom stereocenters. The molecule has 23 heavy (non-hydrogen) atoms. The number of benzene rings is 1. The van der Waals surface area contributed by atoms with Gasteiger partial charge in [-0.1, -0.05) is 32.1 Å². The van der Waals surface area contributed by atoms with Crippen molar-refractivity contribution in [1.82, 2.24) is 0 Å². The van der Waals surface area contributed by atoms with E-state index in [-0.39, 0.29) is 18.5 Å². The molecule has 1 aromatic carbocycles. The van der Waals surface area contributed by atoms with Crippen molar-refractivity contribution >= 4 is 40.2 Å². The molecule has 5 heteroatoms. The number of amides is 1. The lowest BCUT2D eigenvalue weighted by molar-refractivity contribution is -0.147. The van der Waals surface area contributed by atoms with Crippen LogP contribution < -0.4 is 5.32 Å². The van der Waals surface area contributed by atoms with Gasteiger partial charge in [-0.15, -0.1) is 0 Å². The van der Waals surface area contributed by atoms with Gasteiger partial charge in [-0.25, -0.2) is 0 Å². The number of ether oxygens (including phenoxy) is 1. The highest BCUT2D eigenvalue weighted by atomic mass is 127. The van der Waals surface area contributed by atoms with Crippen LogP contribution >= 0.6 is 22.6 Å². The smallest absolute Gasteiger partial charge is 0.306 e. The third kappa shape index (κ3) is 6.49. The van der Waals surface area contributed by atoms with E-state index in [1.165, 1.54) is 32.1 Å². The lowest BCUT2D eigenvalue weighted by Crippen LogP contribution is -2.21. The molecule has 1 amide bonds. The Labute approximate surface area is 151 Å². The SMILES string of the molecule is Cc1cc(I)ccc1NC(=O)COC(=O)CCC1CCCCC1. The van der Waals surface area contributed by atoms with E-state index in [9.17, 15) is 9.59 Å². The summed E-state index contributed by atoms with van der Waals surface area (Å²) in [6, 6.07) is 5.78. The molecule has 1 aromatic rings. The molecule has 1 fully saturated rings. The zero-order valence-corrected chi connectivity index (χ0v) is 15.7. The summed E-state index contributed by atoms with van der Waals surface area (Å²) < 4.78 is 6.20. The molecule has 0 radical (unpaired) electrons. The minimum Gasteiger partial charge on any atom is -0.456 e. The number of rotatable bonds is 6. The second-order valence-electron chi connectivity index (χ2n) is 6.21. The van der Waals surface area contributed by atoms with Crippen molar-refractivity contribution in [3.8, 4) is 0 Å². The third-order valence-electron chi connectivity index (χ3n) is 4.31. The molecular weight excluding hydrogens is 405 g/mol. The number of aryl methyl sites for hydroxylation is 1. The number of hydrogen-bond acceptors (Lipinski definition) is 3. The molecule has 1 aliphatic rings. The number of esters is 1. The minimum absolute atomic E-state index is 0.213. The average Bonchev–Trinajstić information content (AvgIpc) is 2.54. The molecule has 1 aliphatic carbocycles. The molecule has 0 saturated heterocycles. The van der Waals surface area contributed by atoms with Crippen LogP contribution in [0.25, 0.3) is 0 Å². The summed E-state index contributed by atoms with van der Waals surface area (Å²) in [6.07, 6.45) is 7.62. The fourth-order valence-electron chi connectivity index (χ4n) is 2.97. The van der Waals surface area contributed by atoms with Gasteiger partial charge in [-0.3, -0.25) is 9.59 Å². The second-order valence-corrected chi connectivity index (χ2v) is 7.46. The van der Waals surface area contributed by atoms with Crippen molar-refractivity contribution in [2.45, 2.75) is 51.9 Å². The van der Waals surface area contributed by atoms with Crippen LogP contribution in [0.2, 0.25) is 0 Å². The van der Waals surface area contributed by atoms with Crippen LogP contribution in [0, 0.1) is 16.4 Å². The van der Waals surface area contributed by atoms with Gasteiger partial charge in [0, 0.05) is 15.7 Å². The fraction of sp³-hybridized carbons (Fsp3) is 0.556. The Morgan fingerprint density at radius 2 is 2.00 bits per heavy atom. The van der Waals surface area contributed by atoms with Gasteiger partial charge < -0.3 is 10.1 Å². The molecule has 0 bridgehead atoms. The van der Waals surface area contributed by atoms with Crippen LogP contribution in [0.15, 0.2) is 18.2 Å². The van der Waals surface area contributed by atoms with E-state index in [1.807, 2.05) is 25.1 Å². The Bertz CT molecular complexity index is 553. The average molecular weight is 429 g/mol. The monoisotopic (exact) mass is 429 g/mol. The van der Waals surface area contributed by atoms with Crippen molar-refractivity contribution in [2.75, 3.05) is 11.9 Å². The van der Waals surface area contributed by atoms with Crippen LogP contribution in [0.1, 0.15) is 50.5 Å². The maximum atomic E-state index is 11.9. The summed E-state index contributed by atoms with van der Waals surface area (Å²) in [7, 11) is 0. The van der Waals surface area contributed by atoms with E-state index < -0.39 is 0 Å². The van der Waals surface area contributed by atoms with Gasteiger partial charge in [0.1, 0.15) is 0 Å². The Kier molecular flexibility index (Phi) is 7.33. The molecule has 4 nitrogen and oxygen atoms in total. The van der Waals surface area contributed by atoms with Gasteiger partial charge in [-0.05, 0) is 65.6 Å². The van der Waals surface area contributed by atoms with Crippen molar-refractivity contribution in [2.24, 2.45) is 5.92 Å². The number of anilines is 1. The number of halogens is 1. The van der Waals surface area contributed by atoms with Crippen LogP contribution in [0.3, 0.4) is 0 Å². The molecular formula is C18H24INO3. The summed E-state index contributed by atoms with van der Waals surface area (Å²) in [4.78, 5) is 23.6. The molecule has 0 atom stereocenters. The lowest BCUT2D eigenvalue weighted by atomic mass is 9.86. The van der Waals surface area contributed by atoms with Crippen molar-refractivity contribution in [1.29, 1.82) is 0 Å². The lowest BCUT2D eigenvalue weighted by Gasteiger charge is -2.20. The zero-order chi connectivity index (χ0) is 16.7. The summed E-state index contributed by atoms with van der Waals surface area (Å²) in [5, 5.41) is 2.78. The summed E-state index contributed by atoms with van der Waals surface area (Å²) in [5.74, 6) is 0.0879. The maximum Gasteiger partial charge on any atom is 0.306 e. The van der Waals surface area contributed by atoms with Crippen molar-refractivity contribution < 1.29 is 14.3 Å². The first kappa shape index (κ1) is 18.2. The van der Waals surface area contributed by atoms with Gasteiger partial charge >= 0.3 is 5.97 Å². The van der Waals surface area contributed by atoms with E-state index in [4.69, 9.17) is 4.74 Å². The predicted molar refractivity (Wildman–Crippen MR) is 99.3 cm³/mol. The van der Waals surface area contributed by atoms with Crippen LogP contribution in [-0.2, 0) is 14.3 Å². The standard InChI is InChI=1S/C18H24INO3/c1-13-11-15(19)8-9-16(13)20-17(21)12-23-18(22)10-7-14-5-3-2-4-6-14/h8-9,11,14H,2-7,10,12H2,1H3,(H,20,21). The molecule has 0 aromatic heterocycles. The summed E-state index contributed by atoms with van der Waals surface area (Å²) in [6.45, 7) is 1.73. The first-order chi connectivity index (χ1) is 11.0. The largest absolute Gasteiger partial charge is 0.456 e. The van der Waals surface area contributed by atoms with E-state index in [0.717, 1.165) is 21.2 Å². The molecule has 0 aliphatic heterocycles. The Morgan fingerprint density at radius 3 is 2.70 bits per heavy atom. The normalized spacial score (nSPS) is 15.2. The Hall–Kier alpha value is -1.11. The van der Waals surface area contributed by atoms with E-state index >= 15 is 0 Å². The van der Waals surface area contributed by atoms with Crippen molar-refractivity contribution in [3.05, 3.63) is 27.3 Å². The Morgan fingerprint density at radius 1 is 1.26 bits per heavy atom. The fourth-order valence-corrected chi connectivity index (χ4v) is 3.62. The number of carbonyl (C=O) groups excluding carboxylic acids is 2. The molecule has 126 valence electrons. The second kappa shape index (κ2) is 9.25. The van der Waals surface area contributed by atoms with Crippen LogP contribution in [0.4, 0.5) is 5.69 Å². The van der Waals surface area contributed by atoms with E-state index in [0.29, 0.717) is 12.3 Å². The number of carbonyl (C=O) groups is 2. The predicted octanol–water partition coefficient (Wildman–Crippen LogP) is 4.44. The van der Waals surface area contributed by atoms with Gasteiger partial charge in [0.05, 0.1) is 0 Å². The van der Waals surface area contributed by atoms with Crippen LogP contribution in [-0.4, -0.2) is 18.5 Å². The highest BCUT2D eigenvalue weighted by Crippen LogP contribution is 2.27. The molecule has 0 heterocycles. The van der Waals surface area contributed by atoms with Gasteiger partial charge in [0.25, 0.3) is 5.91 Å². The van der Waals surface area contributed by atoms with Gasteiger partial charge in [0.15, 0.2) is 6.61 Å². The van der Waals surface area contributed by atoms with Gasteiger partial charge in [0.2, 0.25) is 0 Å². The van der Waals surface area contributed by atoms with E-state index in [2.05, 4.69) is 27.9 Å². The third-order valence-corrected chi connectivity index (χ3v) is 4.98. The van der Waals surface area contributed by atoms with Gasteiger partial charge in [-0.2, -0.15) is 0 Å². The maximum absolute atomic E-state index is 11.9. The molecule has 0 spiro atoms. The zero-order valence-electron chi connectivity index (χ0n) is 13.6. The summed E-state index contributed by atoms with van der Waals surface area (Å²) >= 11 is 2.23. The highest BCUT2D eigenvalue weighted by molar-refractivity contribution is 14.1. The topological polar surface area (TPSA) is 55.4 Å².